The molecular weight excluding hydrogens is 222 g/mol. The molecular formula is C15H35N3. The minimum atomic E-state index is 1.22. The third kappa shape index (κ3) is 12.3. The van der Waals surface area contributed by atoms with Crippen LogP contribution < -0.4 is 0 Å². The second kappa shape index (κ2) is 11.9. The van der Waals surface area contributed by atoms with Crippen LogP contribution in [0.25, 0.3) is 0 Å². The molecule has 0 aromatic heterocycles. The summed E-state index contributed by atoms with van der Waals surface area (Å²) in [5.41, 5.74) is 0. The van der Waals surface area contributed by atoms with E-state index < -0.39 is 0 Å². The molecule has 0 aliphatic rings. The molecule has 0 atom stereocenters. The van der Waals surface area contributed by atoms with E-state index in [-0.39, 0.29) is 0 Å². The van der Waals surface area contributed by atoms with Crippen molar-refractivity contribution in [3.05, 3.63) is 0 Å². The highest BCUT2D eigenvalue weighted by atomic mass is 15.1. The highest BCUT2D eigenvalue weighted by molar-refractivity contribution is 4.59. The summed E-state index contributed by atoms with van der Waals surface area (Å²) < 4.78 is 0. The fourth-order valence-corrected chi connectivity index (χ4v) is 2.18. The monoisotopic (exact) mass is 257 g/mol. The number of hydrogen-bond donors (Lipinski definition) is 0. The van der Waals surface area contributed by atoms with E-state index in [0.29, 0.717) is 0 Å². The molecule has 110 valence electrons. The van der Waals surface area contributed by atoms with Crippen LogP contribution in [0.1, 0.15) is 39.0 Å². The van der Waals surface area contributed by atoms with E-state index in [1.54, 1.807) is 0 Å². The van der Waals surface area contributed by atoms with Crippen molar-refractivity contribution < 1.29 is 0 Å². The van der Waals surface area contributed by atoms with Gasteiger partial charge in [-0.25, -0.2) is 0 Å². The quantitative estimate of drug-likeness (QED) is 0.497. The average molecular weight is 257 g/mol. The van der Waals surface area contributed by atoms with Gasteiger partial charge in [-0.15, -0.1) is 0 Å². The molecule has 0 saturated heterocycles. The van der Waals surface area contributed by atoms with Crippen LogP contribution in [0.4, 0.5) is 0 Å². The molecule has 0 amide bonds. The lowest BCUT2D eigenvalue weighted by Crippen LogP contribution is -2.28. The van der Waals surface area contributed by atoms with E-state index in [1.807, 2.05) is 0 Å². The van der Waals surface area contributed by atoms with Crippen molar-refractivity contribution in [2.24, 2.45) is 0 Å². The summed E-state index contributed by atoms with van der Waals surface area (Å²) in [7, 11) is 8.63. The normalized spacial score (nSPS) is 12.0. The zero-order valence-electron chi connectivity index (χ0n) is 13.4. The molecule has 0 aliphatic heterocycles. The van der Waals surface area contributed by atoms with Crippen LogP contribution in [0.15, 0.2) is 0 Å². The summed E-state index contributed by atoms with van der Waals surface area (Å²) in [6.45, 7) is 8.56. The Kier molecular flexibility index (Phi) is 11.9. The van der Waals surface area contributed by atoms with Gasteiger partial charge in [0.25, 0.3) is 0 Å². The largest absolute Gasteiger partial charge is 0.309 e. The lowest BCUT2D eigenvalue weighted by molar-refractivity contribution is 0.252. The van der Waals surface area contributed by atoms with Crippen LogP contribution in [-0.2, 0) is 0 Å². The van der Waals surface area contributed by atoms with E-state index in [4.69, 9.17) is 0 Å². The van der Waals surface area contributed by atoms with E-state index in [1.165, 1.54) is 64.8 Å². The molecule has 0 spiro atoms. The van der Waals surface area contributed by atoms with Crippen LogP contribution in [-0.4, -0.2) is 75.6 Å². The molecule has 0 aromatic carbocycles. The summed E-state index contributed by atoms with van der Waals surface area (Å²) in [5, 5.41) is 0. The molecule has 0 aliphatic carbocycles. The molecule has 3 nitrogen and oxygen atoms in total. The molecule has 3 heteroatoms. The molecule has 0 N–H and O–H groups in total. The fraction of sp³-hybridized carbons (Fsp3) is 1.00. The SMILES string of the molecule is CCCN(CCCCN(C)C)CCCCN(C)C. The first-order chi connectivity index (χ1) is 8.56. The minimum absolute atomic E-state index is 1.22. The van der Waals surface area contributed by atoms with Gasteiger partial charge in [-0.2, -0.15) is 0 Å². The van der Waals surface area contributed by atoms with Crippen molar-refractivity contribution in [2.75, 3.05) is 60.9 Å². The van der Waals surface area contributed by atoms with E-state index in [2.05, 4.69) is 49.8 Å². The predicted molar refractivity (Wildman–Crippen MR) is 82.3 cm³/mol. The van der Waals surface area contributed by atoms with Crippen LogP contribution >= 0.6 is 0 Å². The van der Waals surface area contributed by atoms with Crippen molar-refractivity contribution in [3.8, 4) is 0 Å². The Hall–Kier alpha value is -0.120. The number of nitrogens with zero attached hydrogens (tertiary/aromatic N) is 3. The maximum atomic E-state index is 2.64. The van der Waals surface area contributed by atoms with Crippen molar-refractivity contribution in [2.45, 2.75) is 39.0 Å². The van der Waals surface area contributed by atoms with Crippen molar-refractivity contribution >= 4 is 0 Å². The lowest BCUT2D eigenvalue weighted by atomic mass is 10.2. The van der Waals surface area contributed by atoms with Gasteiger partial charge in [0, 0.05) is 0 Å². The predicted octanol–water partition coefficient (Wildman–Crippen LogP) is 2.38. The first kappa shape index (κ1) is 17.9. The maximum Gasteiger partial charge on any atom is -0.00183 e. The van der Waals surface area contributed by atoms with E-state index in [9.17, 15) is 0 Å². The Morgan fingerprint density at radius 2 is 0.944 bits per heavy atom. The maximum absolute atomic E-state index is 2.64. The second-order valence-corrected chi connectivity index (χ2v) is 5.86. The van der Waals surface area contributed by atoms with Gasteiger partial charge >= 0.3 is 0 Å². The van der Waals surface area contributed by atoms with Crippen LogP contribution in [0.3, 0.4) is 0 Å². The summed E-state index contributed by atoms with van der Waals surface area (Å²) in [6, 6.07) is 0. The van der Waals surface area contributed by atoms with E-state index in [0.717, 1.165) is 0 Å². The minimum Gasteiger partial charge on any atom is -0.309 e. The average Bonchev–Trinajstić information content (AvgIpc) is 2.29. The Morgan fingerprint density at radius 1 is 0.556 bits per heavy atom. The van der Waals surface area contributed by atoms with Gasteiger partial charge in [-0.3, -0.25) is 0 Å². The first-order valence-corrected chi connectivity index (χ1v) is 7.58. The van der Waals surface area contributed by atoms with Gasteiger partial charge < -0.3 is 14.7 Å². The third-order valence-electron chi connectivity index (χ3n) is 3.20. The standard InChI is InChI=1S/C15H35N3/c1-6-11-18(14-9-7-12-16(2)3)15-10-8-13-17(4)5/h6-15H2,1-5H3. The second-order valence-electron chi connectivity index (χ2n) is 5.86. The Labute approximate surface area is 115 Å². The third-order valence-corrected chi connectivity index (χ3v) is 3.20. The molecule has 0 fully saturated rings. The molecule has 0 rings (SSSR count). The fourth-order valence-electron chi connectivity index (χ4n) is 2.18. The van der Waals surface area contributed by atoms with Crippen LogP contribution in [0, 0.1) is 0 Å². The number of unbranched alkanes of at least 4 members (excludes halogenated alkanes) is 2. The summed E-state index contributed by atoms with van der Waals surface area (Å²) in [6.07, 6.45) is 6.61. The van der Waals surface area contributed by atoms with Crippen LogP contribution in [0.5, 0.6) is 0 Å². The number of rotatable bonds is 12. The summed E-state index contributed by atoms with van der Waals surface area (Å²) in [4.78, 5) is 7.20. The van der Waals surface area contributed by atoms with Gasteiger partial charge in [0.05, 0.1) is 0 Å². The molecule has 0 unspecified atom stereocenters. The highest BCUT2D eigenvalue weighted by Gasteiger charge is 2.03. The molecule has 0 radical (unpaired) electrons. The highest BCUT2D eigenvalue weighted by Crippen LogP contribution is 2.01. The summed E-state index contributed by atoms with van der Waals surface area (Å²) >= 11 is 0. The molecule has 18 heavy (non-hydrogen) atoms. The topological polar surface area (TPSA) is 9.72 Å². The number of hydrogen-bond acceptors (Lipinski definition) is 3. The Morgan fingerprint density at radius 3 is 1.28 bits per heavy atom. The first-order valence-electron chi connectivity index (χ1n) is 7.58. The van der Waals surface area contributed by atoms with Crippen molar-refractivity contribution in [1.29, 1.82) is 0 Å². The van der Waals surface area contributed by atoms with Gasteiger partial charge in [-0.05, 0) is 93.0 Å². The zero-order valence-corrected chi connectivity index (χ0v) is 13.4. The molecule has 0 bridgehead atoms. The summed E-state index contributed by atoms with van der Waals surface area (Å²) in [5.74, 6) is 0. The Bertz CT molecular complexity index is 153. The Balaban J connectivity index is 3.58. The van der Waals surface area contributed by atoms with Gasteiger partial charge in [-0.1, -0.05) is 6.92 Å². The van der Waals surface area contributed by atoms with Gasteiger partial charge in [0.2, 0.25) is 0 Å². The molecule has 0 heterocycles. The van der Waals surface area contributed by atoms with Crippen molar-refractivity contribution in [3.63, 3.8) is 0 Å². The molecule has 0 aromatic rings. The smallest absolute Gasteiger partial charge is 0.00183 e. The zero-order chi connectivity index (χ0) is 13.8. The van der Waals surface area contributed by atoms with Crippen molar-refractivity contribution in [1.82, 2.24) is 14.7 Å². The van der Waals surface area contributed by atoms with Gasteiger partial charge in [0.15, 0.2) is 0 Å². The van der Waals surface area contributed by atoms with E-state index >= 15 is 0 Å². The van der Waals surface area contributed by atoms with Gasteiger partial charge in [0.1, 0.15) is 0 Å². The van der Waals surface area contributed by atoms with Crippen LogP contribution in [0.2, 0.25) is 0 Å². The molecule has 0 saturated carbocycles. The lowest BCUT2D eigenvalue weighted by Gasteiger charge is -2.22.